The summed E-state index contributed by atoms with van der Waals surface area (Å²) in [6.07, 6.45) is 0. The highest BCUT2D eigenvalue weighted by Gasteiger charge is 2.03. The Morgan fingerprint density at radius 1 is 1.58 bits per heavy atom. The molecule has 4 N–H and O–H groups in total. The molecular formula is C7H10N2O2S. The van der Waals surface area contributed by atoms with Gasteiger partial charge in [-0.1, -0.05) is 0 Å². The highest BCUT2D eigenvalue weighted by atomic mass is 32.2. The van der Waals surface area contributed by atoms with Crippen LogP contribution in [-0.2, 0) is 11.0 Å². The lowest BCUT2D eigenvalue weighted by Gasteiger charge is -2.02. The third-order valence-electron chi connectivity index (χ3n) is 1.40. The Bertz CT molecular complexity index is 314. The van der Waals surface area contributed by atoms with Crippen LogP contribution < -0.4 is 10.5 Å². The molecule has 0 aromatic heterocycles. The minimum Gasteiger partial charge on any atom is -0.506 e. The highest BCUT2D eigenvalue weighted by molar-refractivity contribution is 7.83. The molecule has 0 saturated heterocycles. The number of phenols is 1. The number of hydrogen-bond donors (Lipinski definition) is 3. The number of hydrogen-bond acceptors (Lipinski definition) is 3. The van der Waals surface area contributed by atoms with E-state index in [1.54, 1.807) is 13.1 Å². The normalized spacial score (nSPS) is 12.8. The van der Waals surface area contributed by atoms with Crippen molar-refractivity contribution < 1.29 is 9.32 Å². The summed E-state index contributed by atoms with van der Waals surface area (Å²) in [7, 11) is 0.298. The van der Waals surface area contributed by atoms with Crippen molar-refractivity contribution >= 4 is 16.7 Å². The third kappa shape index (κ3) is 1.75. The molecule has 0 heterocycles. The van der Waals surface area contributed by atoms with Crippen LogP contribution in [0.5, 0.6) is 5.75 Å². The first-order chi connectivity index (χ1) is 5.65. The van der Waals surface area contributed by atoms with Crippen LogP contribution >= 0.6 is 0 Å². The fourth-order valence-electron chi connectivity index (χ4n) is 0.757. The van der Waals surface area contributed by atoms with Gasteiger partial charge in [0.15, 0.2) is 0 Å². The van der Waals surface area contributed by atoms with Crippen LogP contribution in [0.25, 0.3) is 0 Å². The van der Waals surface area contributed by atoms with E-state index in [4.69, 9.17) is 10.8 Å². The maximum absolute atomic E-state index is 11.1. The van der Waals surface area contributed by atoms with Crippen LogP contribution in [0.3, 0.4) is 0 Å². The zero-order chi connectivity index (χ0) is 9.14. The zero-order valence-corrected chi connectivity index (χ0v) is 7.39. The zero-order valence-electron chi connectivity index (χ0n) is 6.57. The summed E-state index contributed by atoms with van der Waals surface area (Å²) in [5, 5.41) is 9.16. The van der Waals surface area contributed by atoms with Gasteiger partial charge in [-0.2, -0.15) is 0 Å². The van der Waals surface area contributed by atoms with E-state index in [0.717, 1.165) is 0 Å². The van der Waals surface area contributed by atoms with Gasteiger partial charge in [-0.05, 0) is 25.2 Å². The number of nitrogen functional groups attached to an aromatic ring is 1. The standard InChI is InChI=1S/C7H10N2O2S/c1-9-12(11)5-2-3-6(8)7(10)4-5/h2-4,9-10H,8H2,1H3. The molecule has 0 bridgehead atoms. The second-order valence-electron chi connectivity index (χ2n) is 2.19. The minimum atomic E-state index is -1.27. The van der Waals surface area contributed by atoms with Gasteiger partial charge in [0.25, 0.3) is 0 Å². The molecular weight excluding hydrogens is 176 g/mol. The van der Waals surface area contributed by atoms with Crippen molar-refractivity contribution in [3.8, 4) is 5.75 Å². The van der Waals surface area contributed by atoms with Crippen LogP contribution in [0.4, 0.5) is 5.69 Å². The Kier molecular flexibility index (Phi) is 2.67. The van der Waals surface area contributed by atoms with Gasteiger partial charge in [0.2, 0.25) is 0 Å². The molecule has 12 heavy (non-hydrogen) atoms. The lowest BCUT2D eigenvalue weighted by Crippen LogP contribution is -2.10. The van der Waals surface area contributed by atoms with Gasteiger partial charge < -0.3 is 10.8 Å². The quantitative estimate of drug-likeness (QED) is 0.456. The summed E-state index contributed by atoms with van der Waals surface area (Å²) in [6.45, 7) is 0. The SMILES string of the molecule is CNS(=O)c1ccc(N)c(O)c1. The molecule has 1 aromatic carbocycles. The molecule has 0 aliphatic carbocycles. The van der Waals surface area contributed by atoms with E-state index in [2.05, 4.69) is 4.72 Å². The van der Waals surface area contributed by atoms with E-state index in [1.165, 1.54) is 12.1 Å². The van der Waals surface area contributed by atoms with Crippen molar-refractivity contribution in [3.05, 3.63) is 18.2 Å². The Labute approximate surface area is 73.0 Å². The molecule has 0 fully saturated rings. The second kappa shape index (κ2) is 3.55. The third-order valence-corrected chi connectivity index (χ3v) is 2.45. The van der Waals surface area contributed by atoms with E-state index in [1.807, 2.05) is 0 Å². The summed E-state index contributed by atoms with van der Waals surface area (Å²) in [6, 6.07) is 4.49. The first kappa shape index (κ1) is 9.02. The van der Waals surface area contributed by atoms with Crippen molar-refractivity contribution in [3.63, 3.8) is 0 Å². The maximum Gasteiger partial charge on any atom is 0.139 e. The number of rotatable bonds is 2. The highest BCUT2D eigenvalue weighted by Crippen LogP contribution is 2.21. The number of nitrogens with one attached hydrogen (secondary N) is 1. The molecule has 0 aliphatic rings. The molecule has 5 heteroatoms. The number of aromatic hydroxyl groups is 1. The average molecular weight is 186 g/mol. The van der Waals surface area contributed by atoms with Crippen LogP contribution in [0.1, 0.15) is 0 Å². The van der Waals surface area contributed by atoms with Crippen LogP contribution in [-0.4, -0.2) is 16.4 Å². The molecule has 0 amide bonds. The number of benzene rings is 1. The van der Waals surface area contributed by atoms with Gasteiger partial charge in [-0.3, -0.25) is 0 Å². The van der Waals surface area contributed by atoms with Gasteiger partial charge >= 0.3 is 0 Å². The van der Waals surface area contributed by atoms with Crippen LogP contribution in [0.15, 0.2) is 23.1 Å². The van der Waals surface area contributed by atoms with Crippen LogP contribution in [0.2, 0.25) is 0 Å². The predicted octanol–water partition coefficient (Wildman–Crippen LogP) is 0.216. The molecule has 1 unspecified atom stereocenters. The van der Waals surface area contributed by atoms with Crippen molar-refractivity contribution in [2.75, 3.05) is 12.8 Å². The number of anilines is 1. The van der Waals surface area contributed by atoms with Crippen LogP contribution in [0, 0.1) is 0 Å². The first-order valence-corrected chi connectivity index (χ1v) is 4.48. The Hall–Kier alpha value is -1.07. The summed E-state index contributed by atoms with van der Waals surface area (Å²) in [5.41, 5.74) is 5.65. The Morgan fingerprint density at radius 2 is 2.25 bits per heavy atom. The van der Waals surface area contributed by atoms with Crippen molar-refractivity contribution in [1.29, 1.82) is 0 Å². The minimum absolute atomic E-state index is 0.0453. The van der Waals surface area contributed by atoms with E-state index >= 15 is 0 Å². The van der Waals surface area contributed by atoms with Gasteiger partial charge in [0.05, 0.1) is 10.6 Å². The second-order valence-corrected chi connectivity index (χ2v) is 3.61. The van der Waals surface area contributed by atoms with Gasteiger partial charge in [0, 0.05) is 0 Å². The summed E-state index contributed by atoms with van der Waals surface area (Å²) in [4.78, 5) is 0.504. The fourth-order valence-corrected chi connectivity index (χ4v) is 1.40. The van der Waals surface area contributed by atoms with E-state index in [-0.39, 0.29) is 11.4 Å². The van der Waals surface area contributed by atoms with Gasteiger partial charge in [0.1, 0.15) is 16.7 Å². The molecule has 0 spiro atoms. The maximum atomic E-state index is 11.1. The van der Waals surface area contributed by atoms with E-state index < -0.39 is 11.0 Å². The Morgan fingerprint density at radius 3 is 2.75 bits per heavy atom. The summed E-state index contributed by atoms with van der Waals surface area (Å²) >= 11 is 0. The van der Waals surface area contributed by atoms with Gasteiger partial charge in [-0.25, -0.2) is 8.93 Å². The van der Waals surface area contributed by atoms with Crippen molar-refractivity contribution in [2.45, 2.75) is 4.90 Å². The molecule has 0 aliphatic heterocycles. The summed E-state index contributed by atoms with van der Waals surface area (Å²) < 4.78 is 13.7. The monoisotopic (exact) mass is 186 g/mol. The molecule has 1 rings (SSSR count). The number of nitrogens with two attached hydrogens (primary N) is 1. The predicted molar refractivity (Wildman–Crippen MR) is 48.0 cm³/mol. The van der Waals surface area contributed by atoms with Gasteiger partial charge in [-0.15, -0.1) is 0 Å². The average Bonchev–Trinajstić information content (AvgIpc) is 2.08. The summed E-state index contributed by atoms with van der Waals surface area (Å²) in [5.74, 6) is -0.0453. The molecule has 1 atom stereocenters. The van der Waals surface area contributed by atoms with Crippen molar-refractivity contribution in [1.82, 2.24) is 4.72 Å². The largest absolute Gasteiger partial charge is 0.506 e. The lowest BCUT2D eigenvalue weighted by molar-refractivity contribution is 0.476. The smallest absolute Gasteiger partial charge is 0.139 e. The Balaban J connectivity index is 3.05. The lowest BCUT2D eigenvalue weighted by atomic mass is 10.3. The van der Waals surface area contributed by atoms with E-state index in [0.29, 0.717) is 4.90 Å². The molecule has 0 saturated carbocycles. The fraction of sp³-hybridized carbons (Fsp3) is 0.143. The van der Waals surface area contributed by atoms with E-state index in [9.17, 15) is 4.21 Å². The molecule has 66 valence electrons. The van der Waals surface area contributed by atoms with Crippen molar-refractivity contribution in [2.24, 2.45) is 0 Å². The topological polar surface area (TPSA) is 75.4 Å². The molecule has 0 radical (unpaired) electrons. The molecule has 1 aromatic rings. The first-order valence-electron chi connectivity index (χ1n) is 3.33. The number of phenolic OH excluding ortho intramolecular Hbond substituents is 1. The molecule has 4 nitrogen and oxygen atoms in total.